The van der Waals surface area contributed by atoms with Crippen LogP contribution < -0.4 is 5.32 Å². The van der Waals surface area contributed by atoms with Crippen LogP contribution in [0.5, 0.6) is 0 Å². The molecule has 0 saturated carbocycles. The third-order valence-corrected chi connectivity index (χ3v) is 2.98. The van der Waals surface area contributed by atoms with E-state index in [9.17, 15) is 9.59 Å². The molecule has 0 atom stereocenters. The molecule has 0 unspecified atom stereocenters. The van der Waals surface area contributed by atoms with E-state index >= 15 is 0 Å². The average molecular weight is 292 g/mol. The Balaban J connectivity index is 2.65. The monoisotopic (exact) mass is 292 g/mol. The molecule has 116 valence electrons. The van der Waals surface area contributed by atoms with Gasteiger partial charge >= 0.3 is 5.97 Å². The van der Waals surface area contributed by atoms with Gasteiger partial charge in [0.15, 0.2) is 0 Å². The Morgan fingerprint density at radius 3 is 2.43 bits per heavy atom. The fraction of sp³-hybridized carbons (Fsp3) is 0.500. The predicted octanol–water partition coefficient (Wildman–Crippen LogP) is 1.36. The van der Waals surface area contributed by atoms with Gasteiger partial charge in [-0.15, -0.1) is 0 Å². The summed E-state index contributed by atoms with van der Waals surface area (Å²) in [7, 11) is 3.27. The zero-order chi connectivity index (χ0) is 15.8. The first-order valence-electron chi connectivity index (χ1n) is 7.04. The van der Waals surface area contributed by atoms with Crippen LogP contribution in [0, 0.1) is 0 Å². The number of esters is 1. The Morgan fingerprint density at radius 2 is 1.86 bits per heavy atom. The van der Waals surface area contributed by atoms with Crippen molar-refractivity contribution in [1.29, 1.82) is 0 Å². The van der Waals surface area contributed by atoms with Gasteiger partial charge in [0.25, 0.3) is 0 Å². The van der Waals surface area contributed by atoms with Crippen molar-refractivity contribution in [3.63, 3.8) is 0 Å². The molecule has 0 aliphatic carbocycles. The fourth-order valence-corrected chi connectivity index (χ4v) is 2.07. The summed E-state index contributed by atoms with van der Waals surface area (Å²) >= 11 is 0. The highest BCUT2D eigenvalue weighted by molar-refractivity contribution is 5.78. The molecule has 1 aromatic carbocycles. The molecule has 0 radical (unpaired) electrons. The van der Waals surface area contributed by atoms with Crippen molar-refractivity contribution in [3.8, 4) is 0 Å². The second kappa shape index (κ2) is 8.42. The topological polar surface area (TPSA) is 58.6 Å². The maximum atomic E-state index is 11.7. The molecule has 1 rings (SSSR count). The normalized spacial score (nSPS) is 10.8. The zero-order valence-corrected chi connectivity index (χ0v) is 13.2. The predicted molar refractivity (Wildman–Crippen MR) is 81.8 cm³/mol. The lowest BCUT2D eigenvalue weighted by Crippen LogP contribution is -2.38. The number of nitrogens with zero attached hydrogens (tertiary/aromatic N) is 1. The first-order valence-corrected chi connectivity index (χ1v) is 7.04. The first-order chi connectivity index (χ1) is 9.92. The van der Waals surface area contributed by atoms with Crippen molar-refractivity contribution in [2.75, 3.05) is 20.7 Å². The van der Waals surface area contributed by atoms with Gasteiger partial charge in [0.2, 0.25) is 5.91 Å². The molecule has 0 heterocycles. The van der Waals surface area contributed by atoms with E-state index in [0.717, 1.165) is 11.1 Å². The first kappa shape index (κ1) is 17.2. The number of ether oxygens (including phenoxy) is 1. The van der Waals surface area contributed by atoms with Crippen LogP contribution in [-0.2, 0) is 27.3 Å². The van der Waals surface area contributed by atoms with Crippen LogP contribution in [0.4, 0.5) is 0 Å². The van der Waals surface area contributed by atoms with Crippen molar-refractivity contribution in [2.24, 2.45) is 0 Å². The van der Waals surface area contributed by atoms with Crippen LogP contribution in [-0.4, -0.2) is 43.5 Å². The van der Waals surface area contributed by atoms with Gasteiger partial charge in [0.1, 0.15) is 0 Å². The van der Waals surface area contributed by atoms with Crippen molar-refractivity contribution in [2.45, 2.75) is 32.9 Å². The summed E-state index contributed by atoms with van der Waals surface area (Å²) in [6.07, 6.45) is 0.249. The standard InChI is InChI=1S/C16H24N2O3/c1-12(2)17-15(19)11-18(3)10-14-8-6-5-7-13(14)9-16(20)21-4/h5-8,12H,9-11H2,1-4H3,(H,17,19). The fourth-order valence-electron chi connectivity index (χ4n) is 2.07. The van der Waals surface area contributed by atoms with Crippen LogP contribution in [0.15, 0.2) is 24.3 Å². The second-order valence-electron chi connectivity index (χ2n) is 5.42. The maximum Gasteiger partial charge on any atom is 0.309 e. The van der Waals surface area contributed by atoms with Gasteiger partial charge in [-0.25, -0.2) is 0 Å². The number of hydrogen-bond acceptors (Lipinski definition) is 4. The van der Waals surface area contributed by atoms with Crippen molar-refractivity contribution < 1.29 is 14.3 Å². The number of carbonyl (C=O) groups is 2. The van der Waals surface area contributed by atoms with E-state index in [0.29, 0.717) is 13.1 Å². The Hall–Kier alpha value is -1.88. The molecule has 5 nitrogen and oxygen atoms in total. The Bertz CT molecular complexity index is 486. The minimum Gasteiger partial charge on any atom is -0.469 e. The molecule has 0 fully saturated rings. The molecule has 0 aromatic heterocycles. The number of rotatable bonds is 7. The highest BCUT2D eigenvalue weighted by Gasteiger charge is 2.12. The number of carbonyl (C=O) groups excluding carboxylic acids is 2. The van der Waals surface area contributed by atoms with Crippen LogP contribution in [0.3, 0.4) is 0 Å². The summed E-state index contributed by atoms with van der Waals surface area (Å²) in [5.41, 5.74) is 1.96. The molecule has 1 N–H and O–H groups in total. The Morgan fingerprint density at radius 1 is 1.24 bits per heavy atom. The number of amides is 1. The van der Waals surface area contributed by atoms with Crippen LogP contribution >= 0.6 is 0 Å². The van der Waals surface area contributed by atoms with Crippen LogP contribution in [0.1, 0.15) is 25.0 Å². The molecule has 5 heteroatoms. The van der Waals surface area contributed by atoms with E-state index < -0.39 is 0 Å². The summed E-state index contributed by atoms with van der Waals surface area (Å²) in [4.78, 5) is 25.1. The van der Waals surface area contributed by atoms with E-state index in [1.807, 2.05) is 50.1 Å². The van der Waals surface area contributed by atoms with Gasteiger partial charge in [-0.3, -0.25) is 14.5 Å². The van der Waals surface area contributed by atoms with Crippen molar-refractivity contribution in [3.05, 3.63) is 35.4 Å². The molecular weight excluding hydrogens is 268 g/mol. The third-order valence-electron chi connectivity index (χ3n) is 2.98. The Kier molecular flexibility index (Phi) is 6.88. The average Bonchev–Trinajstić information content (AvgIpc) is 2.39. The lowest BCUT2D eigenvalue weighted by molar-refractivity contribution is -0.139. The lowest BCUT2D eigenvalue weighted by Gasteiger charge is -2.19. The highest BCUT2D eigenvalue weighted by atomic mass is 16.5. The molecule has 0 saturated heterocycles. The number of likely N-dealkylation sites (N-methyl/N-ethyl adjacent to an activating group) is 1. The molecule has 0 aliphatic heterocycles. The molecule has 0 aliphatic rings. The summed E-state index contributed by atoms with van der Waals surface area (Å²) in [6, 6.07) is 7.84. The Labute approximate surface area is 126 Å². The lowest BCUT2D eigenvalue weighted by atomic mass is 10.0. The van der Waals surface area contributed by atoms with Crippen molar-refractivity contribution in [1.82, 2.24) is 10.2 Å². The zero-order valence-electron chi connectivity index (χ0n) is 13.2. The van der Waals surface area contributed by atoms with Gasteiger partial charge in [0, 0.05) is 12.6 Å². The molecule has 0 bridgehead atoms. The smallest absolute Gasteiger partial charge is 0.309 e. The van der Waals surface area contributed by atoms with Gasteiger partial charge in [-0.1, -0.05) is 24.3 Å². The largest absolute Gasteiger partial charge is 0.469 e. The maximum absolute atomic E-state index is 11.7. The molecule has 1 aromatic rings. The van der Waals surface area contributed by atoms with E-state index in [1.54, 1.807) is 0 Å². The van der Waals surface area contributed by atoms with Gasteiger partial charge in [0.05, 0.1) is 20.1 Å². The molecule has 0 spiro atoms. The number of benzene rings is 1. The summed E-state index contributed by atoms with van der Waals surface area (Å²) in [6.45, 7) is 4.80. The van der Waals surface area contributed by atoms with E-state index in [2.05, 4.69) is 5.32 Å². The molecule has 1 amide bonds. The quantitative estimate of drug-likeness (QED) is 0.771. The molecular formula is C16H24N2O3. The van der Waals surface area contributed by atoms with E-state index in [-0.39, 0.29) is 24.3 Å². The second-order valence-corrected chi connectivity index (χ2v) is 5.42. The minimum absolute atomic E-state index is 0.00190. The van der Waals surface area contributed by atoms with Gasteiger partial charge < -0.3 is 10.1 Å². The van der Waals surface area contributed by atoms with E-state index in [1.165, 1.54) is 7.11 Å². The molecule has 21 heavy (non-hydrogen) atoms. The van der Waals surface area contributed by atoms with Crippen LogP contribution in [0.25, 0.3) is 0 Å². The van der Waals surface area contributed by atoms with Crippen LogP contribution in [0.2, 0.25) is 0 Å². The number of methoxy groups -OCH3 is 1. The van der Waals surface area contributed by atoms with Gasteiger partial charge in [-0.05, 0) is 32.0 Å². The number of nitrogens with one attached hydrogen (secondary N) is 1. The highest BCUT2D eigenvalue weighted by Crippen LogP contribution is 2.12. The summed E-state index contributed by atoms with van der Waals surface area (Å²) in [5, 5.41) is 2.86. The third kappa shape index (κ3) is 6.40. The minimum atomic E-state index is -0.261. The number of hydrogen-bond donors (Lipinski definition) is 1. The van der Waals surface area contributed by atoms with Gasteiger partial charge in [-0.2, -0.15) is 0 Å². The summed E-state index contributed by atoms with van der Waals surface area (Å²) in [5.74, 6) is -0.263. The van der Waals surface area contributed by atoms with Crippen molar-refractivity contribution >= 4 is 11.9 Å². The van der Waals surface area contributed by atoms with E-state index in [4.69, 9.17) is 4.74 Å². The SMILES string of the molecule is COC(=O)Cc1ccccc1CN(C)CC(=O)NC(C)C. The summed E-state index contributed by atoms with van der Waals surface area (Å²) < 4.78 is 4.71.